The molecule has 0 atom stereocenters. The number of amides is 1. The minimum atomic E-state index is 0.150. The summed E-state index contributed by atoms with van der Waals surface area (Å²) in [5, 5.41) is 3.26. The fourth-order valence-corrected chi connectivity index (χ4v) is 2.07. The van der Waals surface area contributed by atoms with Crippen LogP contribution in [0.25, 0.3) is 0 Å². The van der Waals surface area contributed by atoms with E-state index in [0.29, 0.717) is 19.5 Å². The summed E-state index contributed by atoms with van der Waals surface area (Å²) in [7, 11) is 1.84. The van der Waals surface area contributed by atoms with Crippen molar-refractivity contribution in [1.29, 1.82) is 0 Å². The van der Waals surface area contributed by atoms with Crippen molar-refractivity contribution in [3.8, 4) is 0 Å². The number of carbonyl (C=O) groups excluding carboxylic acids is 1. The van der Waals surface area contributed by atoms with Crippen molar-refractivity contribution in [1.82, 2.24) is 15.2 Å². The average molecular weight is 283 g/mol. The van der Waals surface area contributed by atoms with Gasteiger partial charge >= 0.3 is 0 Å². The van der Waals surface area contributed by atoms with Crippen LogP contribution in [0.5, 0.6) is 0 Å². The van der Waals surface area contributed by atoms with Crippen molar-refractivity contribution >= 4 is 5.91 Å². The van der Waals surface area contributed by atoms with E-state index in [-0.39, 0.29) is 5.91 Å². The van der Waals surface area contributed by atoms with Gasteiger partial charge in [0, 0.05) is 45.5 Å². The SMILES string of the molecule is CN(Cc1ccccc1)C(=O)CCNCc1cccnc1. The van der Waals surface area contributed by atoms with Crippen LogP contribution in [-0.2, 0) is 17.9 Å². The summed E-state index contributed by atoms with van der Waals surface area (Å²) >= 11 is 0. The molecule has 2 rings (SSSR count). The second-order valence-corrected chi connectivity index (χ2v) is 5.02. The summed E-state index contributed by atoms with van der Waals surface area (Å²) in [5.41, 5.74) is 2.28. The van der Waals surface area contributed by atoms with Crippen molar-refractivity contribution in [3.05, 3.63) is 66.0 Å². The molecule has 1 aromatic heterocycles. The molecule has 0 aliphatic rings. The number of nitrogens with zero attached hydrogens (tertiary/aromatic N) is 2. The first kappa shape index (κ1) is 15.2. The van der Waals surface area contributed by atoms with Gasteiger partial charge < -0.3 is 10.2 Å². The fourth-order valence-electron chi connectivity index (χ4n) is 2.07. The molecule has 0 aliphatic carbocycles. The lowest BCUT2D eigenvalue weighted by Gasteiger charge is -2.17. The highest BCUT2D eigenvalue weighted by molar-refractivity contribution is 5.76. The van der Waals surface area contributed by atoms with Gasteiger partial charge in [0.15, 0.2) is 0 Å². The Balaban J connectivity index is 1.67. The van der Waals surface area contributed by atoms with E-state index >= 15 is 0 Å². The second-order valence-electron chi connectivity index (χ2n) is 5.02. The number of aromatic nitrogens is 1. The molecule has 0 unspecified atom stereocenters. The van der Waals surface area contributed by atoms with Crippen LogP contribution in [0.4, 0.5) is 0 Å². The van der Waals surface area contributed by atoms with Gasteiger partial charge in [-0.1, -0.05) is 36.4 Å². The molecule has 2 aromatic rings. The van der Waals surface area contributed by atoms with Gasteiger partial charge in [0.1, 0.15) is 0 Å². The molecule has 110 valence electrons. The number of pyridine rings is 1. The minimum Gasteiger partial charge on any atom is -0.341 e. The van der Waals surface area contributed by atoms with Crippen molar-refractivity contribution in [2.75, 3.05) is 13.6 Å². The molecular formula is C17H21N3O. The van der Waals surface area contributed by atoms with Crippen molar-refractivity contribution < 1.29 is 4.79 Å². The molecule has 1 N–H and O–H groups in total. The molecule has 0 saturated carbocycles. The number of hydrogen-bond acceptors (Lipinski definition) is 3. The van der Waals surface area contributed by atoms with Gasteiger partial charge in [0.25, 0.3) is 0 Å². The molecule has 4 heteroatoms. The van der Waals surface area contributed by atoms with Crippen molar-refractivity contribution in [3.63, 3.8) is 0 Å². The molecule has 0 saturated heterocycles. The molecule has 4 nitrogen and oxygen atoms in total. The molecule has 0 bridgehead atoms. The lowest BCUT2D eigenvalue weighted by Crippen LogP contribution is -2.29. The van der Waals surface area contributed by atoms with E-state index < -0.39 is 0 Å². The third kappa shape index (κ3) is 5.36. The normalized spacial score (nSPS) is 10.3. The van der Waals surface area contributed by atoms with E-state index in [1.165, 1.54) is 0 Å². The van der Waals surface area contributed by atoms with Gasteiger partial charge in [-0.05, 0) is 17.2 Å². The van der Waals surface area contributed by atoms with Crippen LogP contribution in [0, 0.1) is 0 Å². The van der Waals surface area contributed by atoms with E-state index in [2.05, 4.69) is 10.3 Å². The number of benzene rings is 1. The first-order chi connectivity index (χ1) is 10.3. The van der Waals surface area contributed by atoms with E-state index in [4.69, 9.17) is 0 Å². The van der Waals surface area contributed by atoms with Gasteiger partial charge in [0.05, 0.1) is 0 Å². The Morgan fingerprint density at radius 2 is 1.90 bits per heavy atom. The Hall–Kier alpha value is -2.20. The first-order valence-electron chi connectivity index (χ1n) is 7.13. The maximum Gasteiger partial charge on any atom is 0.223 e. The number of rotatable bonds is 7. The number of carbonyl (C=O) groups is 1. The minimum absolute atomic E-state index is 0.150. The predicted molar refractivity (Wildman–Crippen MR) is 83.5 cm³/mol. The molecule has 0 spiro atoms. The van der Waals surface area contributed by atoms with Crippen LogP contribution in [0.1, 0.15) is 17.5 Å². The molecule has 1 heterocycles. The van der Waals surface area contributed by atoms with E-state index in [0.717, 1.165) is 17.7 Å². The summed E-state index contributed by atoms with van der Waals surface area (Å²) in [6.07, 6.45) is 4.09. The van der Waals surface area contributed by atoms with E-state index in [1.807, 2.05) is 55.7 Å². The van der Waals surface area contributed by atoms with E-state index in [1.54, 1.807) is 11.1 Å². The molecule has 0 fully saturated rings. The largest absolute Gasteiger partial charge is 0.341 e. The fraction of sp³-hybridized carbons (Fsp3) is 0.294. The number of hydrogen-bond donors (Lipinski definition) is 1. The molecule has 0 aliphatic heterocycles. The summed E-state index contributed by atoms with van der Waals surface area (Å²) in [6, 6.07) is 14.0. The van der Waals surface area contributed by atoms with Gasteiger partial charge in [-0.15, -0.1) is 0 Å². The molecule has 1 amide bonds. The Bertz CT molecular complexity index is 542. The van der Waals surface area contributed by atoms with Gasteiger partial charge in [0.2, 0.25) is 5.91 Å². The third-order valence-corrected chi connectivity index (χ3v) is 3.26. The quantitative estimate of drug-likeness (QED) is 0.793. The molecule has 21 heavy (non-hydrogen) atoms. The van der Waals surface area contributed by atoms with Crippen LogP contribution >= 0.6 is 0 Å². The summed E-state index contributed by atoms with van der Waals surface area (Å²) < 4.78 is 0. The molecular weight excluding hydrogens is 262 g/mol. The summed E-state index contributed by atoms with van der Waals surface area (Å²) in [6.45, 7) is 2.07. The maximum atomic E-state index is 12.0. The Morgan fingerprint density at radius 1 is 1.14 bits per heavy atom. The first-order valence-corrected chi connectivity index (χ1v) is 7.13. The lowest BCUT2D eigenvalue weighted by molar-refractivity contribution is -0.130. The molecule has 1 aromatic carbocycles. The standard InChI is InChI=1S/C17H21N3O/c1-20(14-15-6-3-2-4-7-15)17(21)9-11-19-13-16-8-5-10-18-12-16/h2-8,10,12,19H,9,11,13-14H2,1H3. The van der Waals surface area contributed by atoms with Crippen molar-refractivity contribution in [2.45, 2.75) is 19.5 Å². The smallest absolute Gasteiger partial charge is 0.223 e. The van der Waals surface area contributed by atoms with Crippen molar-refractivity contribution in [2.24, 2.45) is 0 Å². The zero-order valence-electron chi connectivity index (χ0n) is 12.3. The van der Waals surface area contributed by atoms with E-state index in [9.17, 15) is 4.79 Å². The third-order valence-electron chi connectivity index (χ3n) is 3.26. The van der Waals surface area contributed by atoms with Crippen LogP contribution in [0.2, 0.25) is 0 Å². The Morgan fingerprint density at radius 3 is 2.62 bits per heavy atom. The summed E-state index contributed by atoms with van der Waals surface area (Å²) in [4.78, 5) is 17.9. The summed E-state index contributed by atoms with van der Waals surface area (Å²) in [5.74, 6) is 0.150. The lowest BCUT2D eigenvalue weighted by atomic mass is 10.2. The maximum absolute atomic E-state index is 12.0. The van der Waals surface area contributed by atoms with Crippen LogP contribution in [-0.4, -0.2) is 29.4 Å². The van der Waals surface area contributed by atoms with Crippen LogP contribution in [0.3, 0.4) is 0 Å². The van der Waals surface area contributed by atoms with Gasteiger partial charge in [-0.2, -0.15) is 0 Å². The zero-order chi connectivity index (χ0) is 14.9. The highest BCUT2D eigenvalue weighted by Crippen LogP contribution is 2.03. The monoisotopic (exact) mass is 283 g/mol. The van der Waals surface area contributed by atoms with Gasteiger partial charge in [-0.25, -0.2) is 0 Å². The molecule has 0 radical (unpaired) electrons. The Labute approximate surface area is 125 Å². The number of nitrogens with one attached hydrogen (secondary N) is 1. The Kier molecular flexibility index (Phi) is 5.91. The van der Waals surface area contributed by atoms with Crippen LogP contribution in [0.15, 0.2) is 54.9 Å². The van der Waals surface area contributed by atoms with Crippen LogP contribution < -0.4 is 5.32 Å². The highest BCUT2D eigenvalue weighted by Gasteiger charge is 2.08. The average Bonchev–Trinajstić information content (AvgIpc) is 2.53. The topological polar surface area (TPSA) is 45.2 Å². The highest BCUT2D eigenvalue weighted by atomic mass is 16.2. The van der Waals surface area contributed by atoms with Gasteiger partial charge in [-0.3, -0.25) is 9.78 Å². The second kappa shape index (κ2) is 8.17. The predicted octanol–water partition coefficient (Wildman–Crippen LogP) is 2.22. The zero-order valence-corrected chi connectivity index (χ0v) is 12.3.